The summed E-state index contributed by atoms with van der Waals surface area (Å²) in [6, 6.07) is 12.4. The molecule has 1 aliphatic rings. The number of carbonyl (C=O) groups excluding carboxylic acids is 2. The highest BCUT2D eigenvalue weighted by Gasteiger charge is 2.38. The number of amides is 3. The molecule has 0 aliphatic carbocycles. The van der Waals surface area contributed by atoms with Gasteiger partial charge in [-0.3, -0.25) is 14.5 Å². The summed E-state index contributed by atoms with van der Waals surface area (Å²) < 4.78 is 25.5. The molecular formula is C20H19ClN2O6S. The number of carbonyl (C=O) groups is 3. The lowest BCUT2D eigenvalue weighted by Gasteiger charge is -2.19. The van der Waals surface area contributed by atoms with Crippen LogP contribution < -0.4 is 0 Å². The molecule has 1 fully saturated rings. The monoisotopic (exact) mass is 450 g/mol. The van der Waals surface area contributed by atoms with Crippen LogP contribution in [0.3, 0.4) is 0 Å². The van der Waals surface area contributed by atoms with Gasteiger partial charge in [-0.05, 0) is 35.4 Å². The van der Waals surface area contributed by atoms with Crippen molar-refractivity contribution in [1.82, 2.24) is 9.80 Å². The fourth-order valence-corrected chi connectivity index (χ4v) is 4.78. The average Bonchev–Trinajstić information content (AvgIpc) is 2.94. The van der Waals surface area contributed by atoms with E-state index in [1.165, 1.54) is 19.2 Å². The Hall–Kier alpha value is -2.91. The van der Waals surface area contributed by atoms with Crippen LogP contribution in [0.4, 0.5) is 4.79 Å². The molecule has 30 heavy (non-hydrogen) atoms. The van der Waals surface area contributed by atoms with E-state index in [-0.39, 0.29) is 11.4 Å². The summed E-state index contributed by atoms with van der Waals surface area (Å²) >= 11 is 5.87. The topological polar surface area (TPSA) is 112 Å². The van der Waals surface area contributed by atoms with Gasteiger partial charge in [0.1, 0.15) is 6.54 Å². The lowest BCUT2D eigenvalue weighted by molar-refractivity contribution is -0.141. The molecule has 0 radical (unpaired) electrons. The average molecular weight is 451 g/mol. The van der Waals surface area contributed by atoms with Gasteiger partial charge in [0.05, 0.1) is 16.6 Å². The second-order valence-corrected chi connectivity index (χ2v) is 9.46. The Morgan fingerprint density at radius 3 is 2.07 bits per heavy atom. The standard InChI is InChI=1S/C20H19ClN2O6S/c1-22-11-18(24)23(20(22)27)10-15(19(25)26)12-30(28,29)17-8-4-14(5-9-17)13-2-6-16(21)7-3-13/h2-9,15H,10-12H2,1H3,(H,25,26). The summed E-state index contributed by atoms with van der Waals surface area (Å²) in [6.45, 7) is -0.663. The van der Waals surface area contributed by atoms with Crippen molar-refractivity contribution in [1.29, 1.82) is 0 Å². The van der Waals surface area contributed by atoms with E-state index in [1.54, 1.807) is 36.4 Å². The summed E-state index contributed by atoms with van der Waals surface area (Å²) in [6.07, 6.45) is 0. The Morgan fingerprint density at radius 1 is 1.07 bits per heavy atom. The molecule has 1 unspecified atom stereocenters. The zero-order valence-corrected chi connectivity index (χ0v) is 17.6. The van der Waals surface area contributed by atoms with Gasteiger partial charge < -0.3 is 10.0 Å². The second-order valence-electron chi connectivity index (χ2n) is 6.99. The third-order valence-corrected chi connectivity index (χ3v) is 6.88. The molecule has 8 nitrogen and oxygen atoms in total. The molecule has 0 bridgehead atoms. The van der Waals surface area contributed by atoms with Gasteiger partial charge in [0.15, 0.2) is 9.84 Å². The molecule has 158 valence electrons. The first kappa shape index (κ1) is 21.8. The van der Waals surface area contributed by atoms with Crippen LogP contribution >= 0.6 is 11.6 Å². The number of hydrogen-bond donors (Lipinski definition) is 1. The van der Waals surface area contributed by atoms with Gasteiger partial charge >= 0.3 is 12.0 Å². The number of sulfone groups is 1. The molecular weight excluding hydrogens is 432 g/mol. The van der Waals surface area contributed by atoms with Crippen LogP contribution in [0.5, 0.6) is 0 Å². The molecule has 10 heteroatoms. The normalized spacial score (nSPS) is 15.5. The number of nitrogens with zero attached hydrogens (tertiary/aromatic N) is 2. The van der Waals surface area contributed by atoms with E-state index >= 15 is 0 Å². The first-order valence-corrected chi connectivity index (χ1v) is 11.0. The van der Waals surface area contributed by atoms with Gasteiger partial charge in [-0.25, -0.2) is 13.2 Å². The summed E-state index contributed by atoms with van der Waals surface area (Å²) in [7, 11) is -2.55. The number of carboxylic acids is 1. The maximum absolute atomic E-state index is 12.8. The Kier molecular flexibility index (Phi) is 6.14. The van der Waals surface area contributed by atoms with Crippen LogP contribution in [-0.4, -0.2) is 67.1 Å². The van der Waals surface area contributed by atoms with Gasteiger partial charge in [-0.2, -0.15) is 0 Å². The van der Waals surface area contributed by atoms with Gasteiger partial charge in [-0.1, -0.05) is 35.9 Å². The minimum absolute atomic E-state index is 0.0392. The molecule has 0 aromatic heterocycles. The third-order valence-electron chi connectivity index (χ3n) is 4.79. The smallest absolute Gasteiger partial charge is 0.326 e. The van der Waals surface area contributed by atoms with E-state index in [4.69, 9.17) is 11.6 Å². The zero-order chi connectivity index (χ0) is 22.1. The highest BCUT2D eigenvalue weighted by Crippen LogP contribution is 2.24. The van der Waals surface area contributed by atoms with Crippen LogP contribution in [0.2, 0.25) is 5.02 Å². The summed E-state index contributed by atoms with van der Waals surface area (Å²) in [5.74, 6) is -4.13. The molecule has 2 aromatic carbocycles. The van der Waals surface area contributed by atoms with E-state index in [9.17, 15) is 27.9 Å². The van der Waals surface area contributed by atoms with Gasteiger partial charge in [0.25, 0.3) is 0 Å². The zero-order valence-electron chi connectivity index (χ0n) is 16.0. The number of carboxylic acid groups (broad SMARTS) is 1. The van der Waals surface area contributed by atoms with Crippen molar-refractivity contribution in [3.05, 3.63) is 53.6 Å². The second kappa shape index (κ2) is 8.45. The van der Waals surface area contributed by atoms with E-state index in [2.05, 4.69) is 0 Å². The maximum atomic E-state index is 12.8. The molecule has 1 heterocycles. The number of rotatable bonds is 7. The SMILES string of the molecule is CN1CC(=O)N(CC(CS(=O)(=O)c2ccc(-c3ccc(Cl)cc3)cc2)C(=O)O)C1=O. The van der Waals surface area contributed by atoms with Gasteiger partial charge in [-0.15, -0.1) is 0 Å². The van der Waals surface area contributed by atoms with Crippen molar-refractivity contribution in [2.24, 2.45) is 5.92 Å². The number of halogens is 1. The number of benzene rings is 2. The predicted molar refractivity (Wildman–Crippen MR) is 110 cm³/mol. The molecule has 1 aliphatic heterocycles. The number of hydrogen-bond acceptors (Lipinski definition) is 5. The number of imide groups is 1. The van der Waals surface area contributed by atoms with Crippen LogP contribution in [-0.2, 0) is 19.4 Å². The van der Waals surface area contributed by atoms with Crippen molar-refractivity contribution >= 4 is 39.3 Å². The minimum atomic E-state index is -3.97. The van der Waals surface area contributed by atoms with Crippen molar-refractivity contribution < 1.29 is 27.9 Å². The Labute approximate surface area is 178 Å². The summed E-state index contributed by atoms with van der Waals surface area (Å²) in [5, 5.41) is 10.0. The number of urea groups is 1. The summed E-state index contributed by atoms with van der Waals surface area (Å²) in [4.78, 5) is 37.4. The largest absolute Gasteiger partial charge is 0.481 e. The predicted octanol–water partition coefficient (Wildman–Crippen LogP) is 2.38. The van der Waals surface area contributed by atoms with E-state index in [0.717, 1.165) is 20.9 Å². The molecule has 1 N–H and O–H groups in total. The molecule has 3 rings (SSSR count). The minimum Gasteiger partial charge on any atom is -0.481 e. The third kappa shape index (κ3) is 4.63. The first-order chi connectivity index (χ1) is 14.1. The number of aliphatic carboxylic acids is 1. The maximum Gasteiger partial charge on any atom is 0.326 e. The van der Waals surface area contributed by atoms with Crippen LogP contribution in [0.15, 0.2) is 53.4 Å². The molecule has 1 atom stereocenters. The molecule has 3 amide bonds. The number of likely N-dealkylation sites (N-methyl/N-ethyl adjacent to an activating group) is 1. The lowest BCUT2D eigenvalue weighted by Crippen LogP contribution is -2.40. The van der Waals surface area contributed by atoms with Gasteiger partial charge in [0.2, 0.25) is 5.91 Å². The van der Waals surface area contributed by atoms with Gasteiger partial charge in [0, 0.05) is 18.6 Å². The van der Waals surface area contributed by atoms with E-state index in [0.29, 0.717) is 5.02 Å². The highest BCUT2D eigenvalue weighted by atomic mass is 35.5. The van der Waals surface area contributed by atoms with Crippen molar-refractivity contribution in [3.63, 3.8) is 0 Å². The Bertz CT molecular complexity index is 1080. The van der Waals surface area contributed by atoms with Crippen LogP contribution in [0, 0.1) is 5.92 Å². The van der Waals surface area contributed by atoms with Crippen molar-refractivity contribution in [3.8, 4) is 11.1 Å². The van der Waals surface area contributed by atoms with Crippen LogP contribution in [0.25, 0.3) is 11.1 Å². The molecule has 1 saturated heterocycles. The van der Waals surface area contributed by atoms with E-state index < -0.39 is 46.0 Å². The Balaban J connectivity index is 1.78. The summed E-state index contributed by atoms with van der Waals surface area (Å²) in [5.41, 5.74) is 1.62. The lowest BCUT2D eigenvalue weighted by atomic mass is 10.1. The quantitative estimate of drug-likeness (QED) is 0.648. The Morgan fingerprint density at radius 2 is 1.60 bits per heavy atom. The van der Waals surface area contributed by atoms with E-state index in [1.807, 2.05) is 0 Å². The first-order valence-electron chi connectivity index (χ1n) is 8.95. The molecule has 2 aromatic rings. The molecule has 0 spiro atoms. The van der Waals surface area contributed by atoms with Crippen molar-refractivity contribution in [2.75, 3.05) is 25.9 Å². The van der Waals surface area contributed by atoms with Crippen LogP contribution in [0.1, 0.15) is 0 Å². The highest BCUT2D eigenvalue weighted by molar-refractivity contribution is 7.91. The van der Waals surface area contributed by atoms with Crippen molar-refractivity contribution in [2.45, 2.75) is 4.90 Å². The molecule has 0 saturated carbocycles. The fraction of sp³-hybridized carbons (Fsp3) is 0.250. The fourth-order valence-electron chi connectivity index (χ4n) is 3.13.